The highest BCUT2D eigenvalue weighted by molar-refractivity contribution is 7.49. The van der Waals surface area contributed by atoms with Crippen molar-refractivity contribution in [3.8, 4) is 17.2 Å². The van der Waals surface area contributed by atoms with Gasteiger partial charge in [-0.1, -0.05) is 57.7 Å². The van der Waals surface area contributed by atoms with Gasteiger partial charge in [0.15, 0.2) is 0 Å². The van der Waals surface area contributed by atoms with Gasteiger partial charge in [-0.2, -0.15) is 4.57 Å². The summed E-state index contributed by atoms with van der Waals surface area (Å²) in [5.41, 5.74) is 3.75. The number of benzene rings is 3. The van der Waals surface area contributed by atoms with E-state index < -0.39 is 43.6 Å². The fraction of sp³-hybridized carbons (Fsp3) is 0.294. The number of hydrogen-bond donors (Lipinski definition) is 0. The quantitative estimate of drug-likeness (QED) is 0.0355. The maximum Gasteiger partial charge on any atom is 0.647 e. The van der Waals surface area contributed by atoms with Crippen molar-refractivity contribution >= 4 is 43.6 Å². The molecule has 0 saturated carbocycles. The maximum absolute atomic E-state index is 15.5. The molecule has 0 saturated heterocycles. The Labute approximate surface area is 396 Å². The van der Waals surface area contributed by atoms with Crippen molar-refractivity contribution in [1.82, 2.24) is 0 Å². The molecule has 0 aromatic heterocycles. The van der Waals surface area contributed by atoms with Crippen LogP contribution in [0.5, 0.6) is 17.2 Å². The third-order valence-corrected chi connectivity index (χ3v) is 11.0. The molecule has 0 aliphatic carbocycles. The van der Waals surface area contributed by atoms with Crippen LogP contribution in [0.2, 0.25) is 0 Å². The van der Waals surface area contributed by atoms with Crippen molar-refractivity contribution in [3.05, 3.63) is 159 Å². The lowest BCUT2D eigenvalue weighted by Crippen LogP contribution is -2.15. The van der Waals surface area contributed by atoms with Crippen molar-refractivity contribution in [2.24, 2.45) is 0 Å². The van der Waals surface area contributed by atoms with Crippen LogP contribution in [0.3, 0.4) is 0 Å². The summed E-state index contributed by atoms with van der Waals surface area (Å²) in [6, 6.07) is 8.78. The summed E-state index contributed by atoms with van der Waals surface area (Å²) in [5.74, 6) is -4.42. The molecular formula is C51H57O16P. The van der Waals surface area contributed by atoms with Gasteiger partial charge >= 0.3 is 43.6 Å². The molecule has 0 unspecified atom stereocenters. The van der Waals surface area contributed by atoms with E-state index in [2.05, 4.69) is 39.5 Å². The van der Waals surface area contributed by atoms with Gasteiger partial charge in [0.1, 0.15) is 56.9 Å². The topological polar surface area (TPSA) is 203 Å². The first-order chi connectivity index (χ1) is 31.8. The number of hydrogen-bond acceptors (Lipinski definition) is 16. The standard InChI is InChI=1S/C51H57O16P/c1-28(2)46(52)59-22-37-16-19-43(34(13)40(37)25-62-49(55)31(7)8)65-68(58,66-44-20-17-38(23-60-47(53)29(3)4)41(35(44)14)26-63-50(56)32(9)10)67-45-21-18-39(24-61-48(54)30(5)6)42(36(45)15)27-64-51(57)33(11)12/h16-21H,1,3,5,7,9,11,22-27H2,2,4,6,8,10,12-15H3. The molecular weight excluding hydrogens is 900 g/mol. The summed E-state index contributed by atoms with van der Waals surface area (Å²) in [6.45, 7) is 33.4. The molecule has 0 aliphatic heterocycles. The fourth-order valence-corrected chi connectivity index (χ4v) is 7.11. The Balaban J connectivity index is 2.32. The molecule has 0 N–H and O–H groups in total. The van der Waals surface area contributed by atoms with Crippen molar-refractivity contribution in [1.29, 1.82) is 0 Å². The zero-order valence-corrected chi connectivity index (χ0v) is 40.8. The average molecular weight is 957 g/mol. The summed E-state index contributed by atoms with van der Waals surface area (Å²) >= 11 is 0. The predicted molar refractivity (Wildman–Crippen MR) is 251 cm³/mol. The lowest BCUT2D eigenvalue weighted by Gasteiger charge is -2.25. The van der Waals surface area contributed by atoms with E-state index in [-0.39, 0.29) is 107 Å². The Morgan fingerprint density at radius 2 is 0.559 bits per heavy atom. The minimum absolute atomic E-state index is 0.0853. The lowest BCUT2D eigenvalue weighted by atomic mass is 10.0. The average Bonchev–Trinajstić information content (AvgIpc) is 3.27. The smallest absolute Gasteiger partial charge is 0.457 e. The van der Waals surface area contributed by atoms with Crippen LogP contribution in [-0.2, 0) is 101 Å². The van der Waals surface area contributed by atoms with E-state index in [4.69, 9.17) is 42.0 Å². The van der Waals surface area contributed by atoms with Crippen LogP contribution in [0.4, 0.5) is 0 Å². The Bertz CT molecular complexity index is 2370. The summed E-state index contributed by atoms with van der Waals surface area (Å²) in [6.07, 6.45) is 0. The first-order valence-corrected chi connectivity index (χ1v) is 22.2. The van der Waals surface area contributed by atoms with Crippen LogP contribution < -0.4 is 13.6 Å². The van der Waals surface area contributed by atoms with Crippen molar-refractivity contribution in [2.45, 2.75) is 102 Å². The summed E-state index contributed by atoms with van der Waals surface area (Å²) < 4.78 is 67.0. The first-order valence-electron chi connectivity index (χ1n) is 20.7. The van der Waals surface area contributed by atoms with Gasteiger partial charge in [0, 0.05) is 50.1 Å². The van der Waals surface area contributed by atoms with Gasteiger partial charge in [-0.15, -0.1) is 0 Å². The van der Waals surface area contributed by atoms with Crippen LogP contribution in [0.15, 0.2) is 109 Å². The number of phosphoric acid groups is 1. The molecule has 68 heavy (non-hydrogen) atoms. The molecule has 0 fully saturated rings. The molecule has 0 bridgehead atoms. The molecule has 3 rings (SSSR count). The minimum atomic E-state index is -5.02. The molecule has 3 aromatic rings. The zero-order valence-electron chi connectivity index (χ0n) is 39.9. The van der Waals surface area contributed by atoms with Crippen molar-refractivity contribution < 1.29 is 75.3 Å². The third kappa shape index (κ3) is 15.3. The van der Waals surface area contributed by atoms with E-state index in [1.165, 1.54) is 77.9 Å². The van der Waals surface area contributed by atoms with Gasteiger partial charge in [-0.3, -0.25) is 0 Å². The Hall–Kier alpha value is -7.45. The summed E-state index contributed by atoms with van der Waals surface area (Å²) in [4.78, 5) is 74.9. The lowest BCUT2D eigenvalue weighted by molar-refractivity contribution is -0.141. The van der Waals surface area contributed by atoms with Crippen LogP contribution >= 0.6 is 7.82 Å². The highest BCUT2D eigenvalue weighted by Crippen LogP contribution is 2.53. The van der Waals surface area contributed by atoms with E-state index >= 15 is 4.57 Å². The zero-order chi connectivity index (χ0) is 51.2. The monoisotopic (exact) mass is 956 g/mol. The first kappa shape index (κ1) is 54.9. The fourth-order valence-electron chi connectivity index (χ4n) is 5.68. The minimum Gasteiger partial charge on any atom is -0.457 e. The Kier molecular flexibility index (Phi) is 19.7. The number of ether oxygens (including phenoxy) is 6. The molecule has 0 radical (unpaired) electrons. The van der Waals surface area contributed by atoms with Gasteiger partial charge in [0.25, 0.3) is 0 Å². The highest BCUT2D eigenvalue weighted by atomic mass is 31.2. The molecule has 0 spiro atoms. The van der Waals surface area contributed by atoms with Gasteiger partial charge in [0.05, 0.1) is 0 Å². The van der Waals surface area contributed by atoms with E-state index in [1.54, 1.807) is 20.8 Å². The number of carbonyl (C=O) groups excluding carboxylic acids is 6. The molecule has 0 heterocycles. The summed E-state index contributed by atoms with van der Waals surface area (Å²) in [5, 5.41) is 0. The van der Waals surface area contributed by atoms with E-state index in [1.807, 2.05) is 0 Å². The second kappa shape index (κ2) is 24.4. The molecule has 3 aromatic carbocycles. The van der Waals surface area contributed by atoms with E-state index in [9.17, 15) is 28.8 Å². The normalized spacial score (nSPS) is 10.7. The number of esters is 6. The van der Waals surface area contributed by atoms with Gasteiger partial charge in [0.2, 0.25) is 0 Å². The van der Waals surface area contributed by atoms with E-state index in [0.717, 1.165) is 0 Å². The maximum atomic E-state index is 15.5. The van der Waals surface area contributed by atoms with Gasteiger partial charge < -0.3 is 42.0 Å². The second-order valence-corrected chi connectivity index (χ2v) is 17.3. The summed E-state index contributed by atoms with van der Waals surface area (Å²) in [7, 11) is -5.02. The second-order valence-electron chi connectivity index (χ2n) is 15.8. The van der Waals surface area contributed by atoms with Crippen LogP contribution in [0.1, 0.15) is 91.6 Å². The van der Waals surface area contributed by atoms with Crippen LogP contribution in [-0.4, -0.2) is 35.8 Å². The van der Waals surface area contributed by atoms with Crippen molar-refractivity contribution in [3.63, 3.8) is 0 Å². The van der Waals surface area contributed by atoms with Crippen LogP contribution in [0.25, 0.3) is 0 Å². The van der Waals surface area contributed by atoms with Crippen LogP contribution in [0, 0.1) is 20.8 Å². The van der Waals surface area contributed by atoms with E-state index in [0.29, 0.717) is 33.4 Å². The van der Waals surface area contributed by atoms with Gasteiger partial charge in [-0.25, -0.2) is 28.8 Å². The highest BCUT2D eigenvalue weighted by Gasteiger charge is 2.37. The largest absolute Gasteiger partial charge is 0.647 e. The number of rotatable bonds is 24. The SMILES string of the molecule is C=C(C)C(=O)OCc1ccc(OP(=O)(Oc2ccc(COC(=O)C(=C)C)c(COC(=O)C(=C)C)c2C)Oc2ccc(COC(=O)C(=C)C)c(COC(=O)C(=C)C)c2C)c(C)c1COC(=O)C(=C)C. The molecule has 0 atom stereocenters. The Morgan fingerprint density at radius 3 is 0.750 bits per heavy atom. The molecule has 17 heteroatoms. The molecule has 0 aliphatic rings. The van der Waals surface area contributed by atoms with Crippen molar-refractivity contribution in [2.75, 3.05) is 0 Å². The number of carbonyl (C=O) groups is 6. The molecule has 362 valence electrons. The Morgan fingerprint density at radius 1 is 0.368 bits per heavy atom. The number of phosphoric ester groups is 1. The predicted octanol–water partition coefficient (Wildman–Crippen LogP) is 9.97. The molecule has 0 amide bonds. The third-order valence-electron chi connectivity index (χ3n) is 9.78. The van der Waals surface area contributed by atoms with Gasteiger partial charge in [-0.05, 0) is 114 Å². The molecule has 16 nitrogen and oxygen atoms in total.